The van der Waals surface area contributed by atoms with Gasteiger partial charge in [0.1, 0.15) is 5.75 Å². The Bertz CT molecular complexity index is 393. The predicted molar refractivity (Wildman–Crippen MR) is 80.2 cm³/mol. The average Bonchev–Trinajstić information content (AvgIpc) is 2.36. The second kappa shape index (κ2) is 6.55. The van der Waals surface area contributed by atoms with Crippen molar-refractivity contribution in [1.29, 1.82) is 0 Å². The first-order valence-electron chi connectivity index (χ1n) is 6.14. The summed E-state index contributed by atoms with van der Waals surface area (Å²) in [6.07, 6.45) is 0.947. The third-order valence-electron chi connectivity index (χ3n) is 3.49. The maximum Gasteiger partial charge on any atom is 0.122 e. The van der Waals surface area contributed by atoms with E-state index < -0.39 is 0 Å². The first-order chi connectivity index (χ1) is 8.40. The number of halogens is 1. The first-order valence-corrected chi connectivity index (χ1v) is 6.93. The molecule has 0 heterocycles. The molecule has 0 saturated carbocycles. The van der Waals surface area contributed by atoms with Crippen LogP contribution < -0.4 is 10.5 Å². The van der Waals surface area contributed by atoms with Crippen LogP contribution in [0.15, 0.2) is 22.7 Å². The van der Waals surface area contributed by atoms with Gasteiger partial charge in [-0.15, -0.1) is 0 Å². The molecule has 3 nitrogen and oxygen atoms in total. The normalized spacial score (nSPS) is 11.9. The van der Waals surface area contributed by atoms with Crippen LogP contribution in [0.2, 0.25) is 0 Å². The summed E-state index contributed by atoms with van der Waals surface area (Å²) in [6, 6.07) is 6.10. The molecule has 0 unspecified atom stereocenters. The SMILES string of the molecule is COc1ccc(Br)cc1CCN(C)C(C)(C)CN. The lowest BCUT2D eigenvalue weighted by Gasteiger charge is -2.34. The van der Waals surface area contributed by atoms with Crippen LogP contribution in [0, 0.1) is 0 Å². The standard InChI is InChI=1S/C14H23BrN2O/c1-14(2,10-16)17(3)8-7-11-9-12(15)5-6-13(11)18-4/h5-6,9H,7-8,10,16H2,1-4H3. The number of nitrogens with two attached hydrogens (primary N) is 1. The number of methoxy groups -OCH3 is 1. The third kappa shape index (κ3) is 3.97. The van der Waals surface area contributed by atoms with Crippen LogP contribution in [0.25, 0.3) is 0 Å². The largest absolute Gasteiger partial charge is 0.496 e. The summed E-state index contributed by atoms with van der Waals surface area (Å²) >= 11 is 3.50. The van der Waals surface area contributed by atoms with Gasteiger partial charge in [0.2, 0.25) is 0 Å². The fraction of sp³-hybridized carbons (Fsp3) is 0.571. The van der Waals surface area contributed by atoms with Crippen molar-refractivity contribution in [1.82, 2.24) is 4.90 Å². The van der Waals surface area contributed by atoms with Crippen molar-refractivity contribution in [3.8, 4) is 5.75 Å². The fourth-order valence-corrected chi connectivity index (χ4v) is 2.10. The van der Waals surface area contributed by atoms with Gasteiger partial charge in [0.05, 0.1) is 7.11 Å². The summed E-state index contributed by atoms with van der Waals surface area (Å²) in [4.78, 5) is 2.29. The number of rotatable bonds is 6. The lowest BCUT2D eigenvalue weighted by molar-refractivity contribution is 0.165. The highest BCUT2D eigenvalue weighted by Crippen LogP contribution is 2.24. The molecule has 0 aliphatic rings. The van der Waals surface area contributed by atoms with Gasteiger partial charge in [-0.25, -0.2) is 0 Å². The van der Waals surface area contributed by atoms with E-state index in [2.05, 4.69) is 47.8 Å². The van der Waals surface area contributed by atoms with Gasteiger partial charge in [-0.05, 0) is 51.1 Å². The van der Waals surface area contributed by atoms with E-state index in [1.54, 1.807) is 7.11 Å². The number of hydrogen-bond donors (Lipinski definition) is 1. The number of ether oxygens (including phenoxy) is 1. The quantitative estimate of drug-likeness (QED) is 0.877. The van der Waals surface area contributed by atoms with Gasteiger partial charge < -0.3 is 10.5 Å². The summed E-state index contributed by atoms with van der Waals surface area (Å²) < 4.78 is 6.46. The van der Waals surface area contributed by atoms with Crippen molar-refractivity contribution in [3.05, 3.63) is 28.2 Å². The maximum absolute atomic E-state index is 5.78. The van der Waals surface area contributed by atoms with Crippen molar-refractivity contribution < 1.29 is 4.74 Å². The van der Waals surface area contributed by atoms with Crippen LogP contribution in [0.5, 0.6) is 5.75 Å². The molecule has 0 atom stereocenters. The Hall–Kier alpha value is -0.580. The van der Waals surface area contributed by atoms with Gasteiger partial charge in [0, 0.05) is 23.1 Å². The van der Waals surface area contributed by atoms with Crippen molar-refractivity contribution in [2.75, 3.05) is 27.2 Å². The van der Waals surface area contributed by atoms with E-state index in [0.29, 0.717) is 6.54 Å². The summed E-state index contributed by atoms with van der Waals surface area (Å²) in [7, 11) is 3.82. The van der Waals surface area contributed by atoms with E-state index in [9.17, 15) is 0 Å². The van der Waals surface area contributed by atoms with E-state index in [1.807, 2.05) is 12.1 Å². The molecule has 0 spiro atoms. The highest BCUT2D eigenvalue weighted by molar-refractivity contribution is 9.10. The molecule has 0 aliphatic heterocycles. The zero-order valence-electron chi connectivity index (χ0n) is 11.7. The van der Waals surface area contributed by atoms with Crippen LogP contribution in [0.4, 0.5) is 0 Å². The maximum atomic E-state index is 5.78. The first kappa shape index (κ1) is 15.5. The van der Waals surface area contributed by atoms with E-state index in [-0.39, 0.29) is 5.54 Å². The Labute approximate surface area is 118 Å². The Morgan fingerprint density at radius 3 is 2.61 bits per heavy atom. The molecule has 0 aromatic heterocycles. The van der Waals surface area contributed by atoms with E-state index in [4.69, 9.17) is 10.5 Å². The molecule has 18 heavy (non-hydrogen) atoms. The van der Waals surface area contributed by atoms with Crippen molar-refractivity contribution in [2.24, 2.45) is 5.73 Å². The zero-order chi connectivity index (χ0) is 13.8. The Morgan fingerprint density at radius 1 is 1.39 bits per heavy atom. The molecule has 0 amide bonds. The van der Waals surface area contributed by atoms with Crippen molar-refractivity contribution >= 4 is 15.9 Å². The Morgan fingerprint density at radius 2 is 2.06 bits per heavy atom. The second-order valence-corrected chi connectivity index (χ2v) is 6.06. The van der Waals surface area contributed by atoms with E-state index in [0.717, 1.165) is 23.2 Å². The van der Waals surface area contributed by atoms with Crippen LogP contribution in [-0.2, 0) is 6.42 Å². The van der Waals surface area contributed by atoms with Gasteiger partial charge in [0.15, 0.2) is 0 Å². The minimum absolute atomic E-state index is 0.0270. The van der Waals surface area contributed by atoms with Gasteiger partial charge in [-0.2, -0.15) is 0 Å². The smallest absolute Gasteiger partial charge is 0.122 e. The second-order valence-electron chi connectivity index (χ2n) is 5.14. The molecular formula is C14H23BrN2O. The van der Waals surface area contributed by atoms with Crippen LogP contribution in [0.3, 0.4) is 0 Å². The lowest BCUT2D eigenvalue weighted by atomic mass is 10.0. The van der Waals surface area contributed by atoms with E-state index in [1.165, 1.54) is 5.56 Å². The monoisotopic (exact) mass is 314 g/mol. The highest BCUT2D eigenvalue weighted by Gasteiger charge is 2.21. The molecule has 102 valence electrons. The molecule has 0 aliphatic carbocycles. The lowest BCUT2D eigenvalue weighted by Crippen LogP contribution is -2.47. The van der Waals surface area contributed by atoms with Crippen molar-refractivity contribution in [2.45, 2.75) is 25.8 Å². The number of likely N-dealkylation sites (N-methyl/N-ethyl adjacent to an activating group) is 1. The van der Waals surface area contributed by atoms with Crippen LogP contribution >= 0.6 is 15.9 Å². The molecule has 2 N–H and O–H groups in total. The Kier molecular flexibility index (Phi) is 5.63. The minimum Gasteiger partial charge on any atom is -0.496 e. The number of nitrogens with zero attached hydrogens (tertiary/aromatic N) is 1. The molecule has 0 fully saturated rings. The fourth-order valence-electron chi connectivity index (χ4n) is 1.69. The molecule has 1 aromatic rings. The summed E-state index contributed by atoms with van der Waals surface area (Å²) in [5.41, 5.74) is 7.02. The molecule has 1 aromatic carbocycles. The zero-order valence-corrected chi connectivity index (χ0v) is 13.3. The van der Waals surface area contributed by atoms with Gasteiger partial charge in [-0.3, -0.25) is 4.90 Å². The third-order valence-corrected chi connectivity index (χ3v) is 3.99. The predicted octanol–water partition coefficient (Wildman–Crippen LogP) is 2.67. The minimum atomic E-state index is 0.0270. The molecule has 4 heteroatoms. The molecule has 0 bridgehead atoms. The molecule has 0 radical (unpaired) electrons. The highest BCUT2D eigenvalue weighted by atomic mass is 79.9. The average molecular weight is 315 g/mol. The molecule has 1 rings (SSSR count). The van der Waals surface area contributed by atoms with Crippen molar-refractivity contribution in [3.63, 3.8) is 0 Å². The molecular weight excluding hydrogens is 292 g/mol. The van der Waals surface area contributed by atoms with Gasteiger partial charge >= 0.3 is 0 Å². The van der Waals surface area contributed by atoms with Gasteiger partial charge in [-0.1, -0.05) is 15.9 Å². The summed E-state index contributed by atoms with van der Waals surface area (Å²) in [5.74, 6) is 0.942. The summed E-state index contributed by atoms with van der Waals surface area (Å²) in [6.45, 7) is 5.92. The van der Waals surface area contributed by atoms with Crippen LogP contribution in [0.1, 0.15) is 19.4 Å². The summed E-state index contributed by atoms with van der Waals surface area (Å²) in [5, 5.41) is 0. The Balaban J connectivity index is 2.71. The molecule has 0 saturated heterocycles. The van der Waals surface area contributed by atoms with Crippen LogP contribution in [-0.4, -0.2) is 37.7 Å². The van der Waals surface area contributed by atoms with Gasteiger partial charge in [0.25, 0.3) is 0 Å². The number of hydrogen-bond acceptors (Lipinski definition) is 3. The van der Waals surface area contributed by atoms with E-state index >= 15 is 0 Å². The topological polar surface area (TPSA) is 38.5 Å². The number of benzene rings is 1.